The molecule has 1 aromatic carbocycles. The maximum atomic E-state index is 9.00. The van der Waals surface area contributed by atoms with E-state index in [2.05, 4.69) is 4.99 Å². The lowest BCUT2D eigenvalue weighted by Gasteiger charge is -2.03. The minimum absolute atomic E-state index is 0.0670. The quantitative estimate of drug-likeness (QED) is 0.816. The van der Waals surface area contributed by atoms with Gasteiger partial charge < -0.3 is 14.6 Å². The topological polar surface area (TPSA) is 51.1 Å². The number of aliphatic imine (C=N–C) groups is 1. The van der Waals surface area contributed by atoms with Gasteiger partial charge in [-0.3, -0.25) is 4.99 Å². The van der Waals surface area contributed by atoms with Crippen molar-refractivity contribution in [1.29, 1.82) is 0 Å². The molecule has 0 radical (unpaired) electrons. The summed E-state index contributed by atoms with van der Waals surface area (Å²) in [4.78, 5) is 4.28. The van der Waals surface area contributed by atoms with E-state index in [1.165, 1.54) is 0 Å². The second-order valence-electron chi connectivity index (χ2n) is 3.77. The molecular weight excluding hydrogens is 206 g/mol. The fourth-order valence-electron chi connectivity index (χ4n) is 1.82. The van der Waals surface area contributed by atoms with Crippen LogP contribution in [0.1, 0.15) is 12.0 Å². The molecule has 3 rings (SSSR count). The van der Waals surface area contributed by atoms with Crippen LogP contribution in [-0.2, 0) is 0 Å². The molecule has 16 heavy (non-hydrogen) atoms. The molecule has 0 atom stereocenters. The van der Waals surface area contributed by atoms with E-state index in [1.54, 1.807) is 6.20 Å². The Morgan fingerprint density at radius 1 is 1.25 bits per heavy atom. The van der Waals surface area contributed by atoms with Crippen LogP contribution in [0.15, 0.2) is 35.0 Å². The summed E-state index contributed by atoms with van der Waals surface area (Å²) in [6, 6.07) is 5.77. The summed E-state index contributed by atoms with van der Waals surface area (Å²) >= 11 is 0. The molecule has 0 unspecified atom stereocenters. The van der Waals surface area contributed by atoms with Crippen LogP contribution in [0.4, 0.5) is 0 Å². The molecule has 4 heteroatoms. The van der Waals surface area contributed by atoms with Gasteiger partial charge >= 0.3 is 0 Å². The van der Waals surface area contributed by atoms with Crippen molar-refractivity contribution in [1.82, 2.24) is 0 Å². The highest BCUT2D eigenvalue weighted by atomic mass is 16.7. The number of rotatable bonds is 2. The summed E-state index contributed by atoms with van der Waals surface area (Å²) in [7, 11) is 0. The number of aliphatic hydroxyl groups excluding tert-OH is 1. The standard InChI is InChI=1S/C12H11NO3/c14-6-8-3-10(13-5-8)9-1-2-11-12(4-9)16-7-15-11/h1-2,4-5,14H,3,6-7H2. The van der Waals surface area contributed by atoms with Crippen LogP contribution in [0.2, 0.25) is 0 Å². The Balaban J connectivity index is 1.87. The van der Waals surface area contributed by atoms with Crippen LogP contribution < -0.4 is 9.47 Å². The normalized spacial score (nSPS) is 17.3. The minimum atomic E-state index is 0.0670. The lowest BCUT2D eigenvalue weighted by atomic mass is 10.0. The van der Waals surface area contributed by atoms with E-state index in [1.807, 2.05) is 18.2 Å². The average Bonchev–Trinajstić information content (AvgIpc) is 2.96. The third-order valence-electron chi connectivity index (χ3n) is 2.71. The van der Waals surface area contributed by atoms with Gasteiger partial charge in [0, 0.05) is 18.2 Å². The van der Waals surface area contributed by atoms with Crippen LogP contribution in [0.3, 0.4) is 0 Å². The van der Waals surface area contributed by atoms with Crippen LogP contribution >= 0.6 is 0 Å². The van der Waals surface area contributed by atoms with Crippen molar-refractivity contribution in [3.63, 3.8) is 0 Å². The lowest BCUT2D eigenvalue weighted by Crippen LogP contribution is -1.99. The van der Waals surface area contributed by atoms with E-state index in [4.69, 9.17) is 14.6 Å². The number of hydrogen-bond acceptors (Lipinski definition) is 4. The molecule has 0 saturated carbocycles. The molecule has 0 fully saturated rings. The van der Waals surface area contributed by atoms with Gasteiger partial charge in [-0.1, -0.05) is 0 Å². The first kappa shape index (κ1) is 9.42. The van der Waals surface area contributed by atoms with Crippen LogP contribution in [0.25, 0.3) is 0 Å². The third kappa shape index (κ3) is 1.47. The number of aliphatic hydroxyl groups is 1. The predicted molar refractivity (Wildman–Crippen MR) is 58.9 cm³/mol. The monoisotopic (exact) mass is 217 g/mol. The zero-order valence-corrected chi connectivity index (χ0v) is 8.64. The molecule has 2 aliphatic rings. The van der Waals surface area contributed by atoms with Gasteiger partial charge in [-0.2, -0.15) is 0 Å². The van der Waals surface area contributed by atoms with E-state index >= 15 is 0 Å². The molecule has 0 saturated heterocycles. The maximum absolute atomic E-state index is 9.00. The van der Waals surface area contributed by atoms with E-state index < -0.39 is 0 Å². The number of hydrogen-bond donors (Lipinski definition) is 1. The van der Waals surface area contributed by atoms with E-state index in [9.17, 15) is 0 Å². The summed E-state index contributed by atoms with van der Waals surface area (Å²) < 4.78 is 10.6. The predicted octanol–water partition coefficient (Wildman–Crippen LogP) is 1.48. The van der Waals surface area contributed by atoms with Crippen LogP contribution in [0.5, 0.6) is 11.5 Å². The van der Waals surface area contributed by atoms with Crippen molar-refractivity contribution in [3.05, 3.63) is 35.5 Å². The van der Waals surface area contributed by atoms with Gasteiger partial charge in [-0.05, 0) is 23.8 Å². The summed E-state index contributed by atoms with van der Waals surface area (Å²) in [5, 5.41) is 9.00. The highest BCUT2D eigenvalue weighted by Gasteiger charge is 2.17. The largest absolute Gasteiger partial charge is 0.454 e. The Labute approximate surface area is 92.8 Å². The third-order valence-corrected chi connectivity index (χ3v) is 2.71. The molecule has 82 valence electrons. The smallest absolute Gasteiger partial charge is 0.231 e. The molecule has 0 aliphatic carbocycles. The molecule has 0 bridgehead atoms. The van der Waals surface area contributed by atoms with Gasteiger partial charge in [0.2, 0.25) is 6.79 Å². The number of fused-ring (bicyclic) bond motifs is 1. The van der Waals surface area contributed by atoms with Gasteiger partial charge in [0.25, 0.3) is 0 Å². The van der Waals surface area contributed by atoms with Crippen molar-refractivity contribution in [2.24, 2.45) is 4.99 Å². The summed E-state index contributed by atoms with van der Waals surface area (Å²) in [5.41, 5.74) is 2.92. The molecular formula is C12H11NO3. The minimum Gasteiger partial charge on any atom is -0.454 e. The first-order valence-corrected chi connectivity index (χ1v) is 5.12. The summed E-state index contributed by atoms with van der Waals surface area (Å²) in [5.74, 6) is 1.54. The van der Waals surface area contributed by atoms with E-state index in [-0.39, 0.29) is 13.4 Å². The molecule has 1 aromatic rings. The first-order chi connectivity index (χ1) is 7.86. The molecule has 1 N–H and O–H groups in total. The second kappa shape index (κ2) is 3.64. The first-order valence-electron chi connectivity index (χ1n) is 5.12. The Kier molecular flexibility index (Phi) is 2.15. The molecule has 2 heterocycles. The van der Waals surface area contributed by atoms with Gasteiger partial charge in [-0.25, -0.2) is 0 Å². The van der Waals surface area contributed by atoms with Crippen molar-refractivity contribution in [3.8, 4) is 11.5 Å². The number of ether oxygens (including phenoxy) is 2. The molecule has 0 amide bonds. The zero-order chi connectivity index (χ0) is 11.0. The lowest BCUT2D eigenvalue weighted by molar-refractivity contribution is 0.174. The Hall–Kier alpha value is -1.81. The maximum Gasteiger partial charge on any atom is 0.231 e. The van der Waals surface area contributed by atoms with Crippen LogP contribution in [-0.4, -0.2) is 24.2 Å². The van der Waals surface area contributed by atoms with Crippen molar-refractivity contribution in [2.45, 2.75) is 6.42 Å². The van der Waals surface area contributed by atoms with Gasteiger partial charge in [0.05, 0.1) is 12.3 Å². The van der Waals surface area contributed by atoms with Crippen molar-refractivity contribution < 1.29 is 14.6 Å². The van der Waals surface area contributed by atoms with Crippen molar-refractivity contribution in [2.75, 3.05) is 13.4 Å². The average molecular weight is 217 g/mol. The summed E-state index contributed by atoms with van der Waals surface area (Å²) in [6.45, 7) is 0.350. The zero-order valence-electron chi connectivity index (χ0n) is 8.64. The van der Waals surface area contributed by atoms with E-state index in [0.29, 0.717) is 6.42 Å². The fraction of sp³-hybridized carbons (Fsp3) is 0.250. The Morgan fingerprint density at radius 3 is 2.94 bits per heavy atom. The summed E-state index contributed by atoms with van der Waals surface area (Å²) in [6.07, 6.45) is 2.43. The Morgan fingerprint density at radius 2 is 2.12 bits per heavy atom. The Bertz CT molecular complexity index is 491. The highest BCUT2D eigenvalue weighted by Crippen LogP contribution is 2.33. The number of benzene rings is 1. The molecule has 0 spiro atoms. The number of nitrogens with zero attached hydrogens (tertiary/aromatic N) is 1. The SMILES string of the molecule is OCC1=CN=C(c2ccc3c(c2)OCO3)C1. The molecule has 2 aliphatic heterocycles. The van der Waals surface area contributed by atoms with Gasteiger partial charge in [0.15, 0.2) is 11.5 Å². The van der Waals surface area contributed by atoms with Crippen molar-refractivity contribution >= 4 is 5.71 Å². The van der Waals surface area contributed by atoms with E-state index in [0.717, 1.165) is 28.3 Å². The molecule has 0 aromatic heterocycles. The highest BCUT2D eigenvalue weighted by molar-refractivity contribution is 6.04. The van der Waals surface area contributed by atoms with Gasteiger partial charge in [-0.15, -0.1) is 0 Å². The fourth-order valence-corrected chi connectivity index (χ4v) is 1.82. The molecule has 4 nitrogen and oxygen atoms in total. The second-order valence-corrected chi connectivity index (χ2v) is 3.77. The van der Waals surface area contributed by atoms with Gasteiger partial charge in [0.1, 0.15) is 0 Å². The van der Waals surface area contributed by atoms with Crippen LogP contribution in [0, 0.1) is 0 Å².